The molecule has 0 saturated heterocycles. The molecular weight excluding hydrogens is 513 g/mol. The van der Waals surface area contributed by atoms with Crippen LogP contribution in [0.1, 0.15) is 10.6 Å². The first-order valence-corrected chi connectivity index (χ1v) is 9.88. The molecule has 0 atom stereocenters. The molecule has 2 aromatic heterocycles. The van der Waals surface area contributed by atoms with E-state index in [1.54, 1.807) is 36.4 Å². The quantitative estimate of drug-likeness (QED) is 0.274. The van der Waals surface area contributed by atoms with Gasteiger partial charge in [0.25, 0.3) is 5.91 Å². The molecule has 0 aliphatic carbocycles. The Bertz CT molecular complexity index is 1190. The van der Waals surface area contributed by atoms with E-state index in [1.807, 2.05) is 12.1 Å². The Morgan fingerprint density at radius 2 is 2.04 bits per heavy atom. The van der Waals surface area contributed by atoms with Crippen LogP contribution in [0.5, 0.6) is 0 Å². The smallest absolute Gasteiger partial charge is 0.293 e. The van der Waals surface area contributed by atoms with Gasteiger partial charge in [-0.25, -0.2) is 4.98 Å². The molecule has 0 fully saturated rings. The standard InChI is InChI=1S/C19H11ClIN3O3S/c20-13-5-3-10(21)8-12(13)18-23-14-9-11(4-6-15(14)27-18)22-19(28)24-17(25)16-2-1-7-26-16/h1-9H,(H2,22,24,25,28). The fourth-order valence-electron chi connectivity index (χ4n) is 2.52. The third-order valence-electron chi connectivity index (χ3n) is 3.78. The van der Waals surface area contributed by atoms with Crippen molar-refractivity contribution >= 4 is 74.2 Å². The summed E-state index contributed by atoms with van der Waals surface area (Å²) >= 11 is 13.6. The van der Waals surface area contributed by atoms with Crippen molar-refractivity contribution in [3.8, 4) is 11.5 Å². The molecule has 28 heavy (non-hydrogen) atoms. The van der Waals surface area contributed by atoms with Crippen molar-refractivity contribution in [3.05, 3.63) is 69.1 Å². The maximum absolute atomic E-state index is 12.0. The number of thiocarbonyl (C=S) groups is 1. The number of anilines is 1. The van der Waals surface area contributed by atoms with Crippen LogP contribution in [0, 0.1) is 3.57 Å². The number of nitrogens with zero attached hydrogens (tertiary/aromatic N) is 1. The Balaban J connectivity index is 1.54. The van der Waals surface area contributed by atoms with Crippen molar-refractivity contribution in [3.63, 3.8) is 0 Å². The van der Waals surface area contributed by atoms with Crippen LogP contribution in [0.3, 0.4) is 0 Å². The Morgan fingerprint density at radius 1 is 1.18 bits per heavy atom. The van der Waals surface area contributed by atoms with Gasteiger partial charge in [-0.2, -0.15) is 0 Å². The van der Waals surface area contributed by atoms with Gasteiger partial charge in [0.05, 0.1) is 16.8 Å². The predicted molar refractivity (Wildman–Crippen MR) is 120 cm³/mol. The fourth-order valence-corrected chi connectivity index (χ4v) is 3.42. The molecule has 0 radical (unpaired) electrons. The number of fused-ring (bicyclic) bond motifs is 1. The van der Waals surface area contributed by atoms with Gasteiger partial charge < -0.3 is 14.2 Å². The SMILES string of the molecule is O=C(NC(=S)Nc1ccc2oc(-c3cc(I)ccc3Cl)nc2c1)c1ccco1. The topological polar surface area (TPSA) is 80.3 Å². The molecule has 4 rings (SSSR count). The summed E-state index contributed by atoms with van der Waals surface area (Å²) in [6, 6.07) is 14.1. The van der Waals surface area contributed by atoms with E-state index in [4.69, 9.17) is 32.7 Å². The average Bonchev–Trinajstić information content (AvgIpc) is 3.32. The Morgan fingerprint density at radius 3 is 2.82 bits per heavy atom. The van der Waals surface area contributed by atoms with E-state index in [0.717, 1.165) is 9.13 Å². The zero-order valence-corrected chi connectivity index (χ0v) is 17.8. The van der Waals surface area contributed by atoms with Crippen LogP contribution in [-0.2, 0) is 0 Å². The molecule has 140 valence electrons. The molecule has 0 saturated carbocycles. The number of aromatic nitrogens is 1. The van der Waals surface area contributed by atoms with E-state index in [-0.39, 0.29) is 10.9 Å². The zero-order valence-electron chi connectivity index (χ0n) is 14.0. The van der Waals surface area contributed by atoms with Gasteiger partial charge in [0.2, 0.25) is 5.89 Å². The van der Waals surface area contributed by atoms with E-state index in [1.165, 1.54) is 6.26 Å². The number of hydrogen-bond acceptors (Lipinski definition) is 5. The molecule has 9 heteroatoms. The second-order valence-corrected chi connectivity index (χ2v) is 7.77. The van der Waals surface area contributed by atoms with Crippen molar-refractivity contribution in [2.75, 3.05) is 5.32 Å². The van der Waals surface area contributed by atoms with Crippen LogP contribution >= 0.6 is 46.4 Å². The maximum atomic E-state index is 12.0. The summed E-state index contributed by atoms with van der Waals surface area (Å²) in [6.45, 7) is 0. The van der Waals surface area contributed by atoms with Crippen LogP contribution in [0.4, 0.5) is 5.69 Å². The third kappa shape index (κ3) is 4.03. The summed E-state index contributed by atoms with van der Waals surface area (Å²) < 4.78 is 11.9. The predicted octanol–water partition coefficient (Wildman–Crippen LogP) is 5.47. The molecule has 2 N–H and O–H groups in total. The molecule has 0 aliphatic heterocycles. The van der Waals surface area contributed by atoms with Gasteiger partial charge in [0.15, 0.2) is 16.5 Å². The lowest BCUT2D eigenvalue weighted by molar-refractivity contribution is 0.0950. The van der Waals surface area contributed by atoms with Crippen molar-refractivity contribution in [1.82, 2.24) is 10.3 Å². The lowest BCUT2D eigenvalue weighted by Crippen LogP contribution is -2.33. The number of halogens is 2. The van der Waals surface area contributed by atoms with Crippen LogP contribution in [0.15, 0.2) is 63.6 Å². The Labute approximate surface area is 183 Å². The molecular formula is C19H11ClIN3O3S. The largest absolute Gasteiger partial charge is 0.459 e. The fraction of sp³-hybridized carbons (Fsp3) is 0. The number of benzene rings is 2. The number of hydrogen-bond donors (Lipinski definition) is 2. The Kier molecular flexibility index (Phi) is 5.33. The van der Waals surface area contributed by atoms with Gasteiger partial charge in [-0.15, -0.1) is 0 Å². The number of furan rings is 1. The zero-order chi connectivity index (χ0) is 19.7. The summed E-state index contributed by atoms with van der Waals surface area (Å²) in [4.78, 5) is 16.5. The number of nitrogens with one attached hydrogen (secondary N) is 2. The highest BCUT2D eigenvalue weighted by Gasteiger charge is 2.14. The number of amides is 1. The normalized spacial score (nSPS) is 10.8. The first-order valence-electron chi connectivity index (χ1n) is 8.01. The highest BCUT2D eigenvalue weighted by Crippen LogP contribution is 2.32. The van der Waals surface area contributed by atoms with E-state index in [9.17, 15) is 4.79 Å². The van der Waals surface area contributed by atoms with Gasteiger partial charge >= 0.3 is 0 Å². The number of oxazole rings is 1. The van der Waals surface area contributed by atoms with Crippen molar-refractivity contribution in [2.24, 2.45) is 0 Å². The molecule has 2 aromatic carbocycles. The second-order valence-electron chi connectivity index (χ2n) is 5.71. The average molecular weight is 524 g/mol. The number of rotatable bonds is 3. The van der Waals surface area contributed by atoms with Crippen LogP contribution < -0.4 is 10.6 Å². The van der Waals surface area contributed by atoms with Gasteiger partial charge in [-0.1, -0.05) is 11.6 Å². The highest BCUT2D eigenvalue weighted by atomic mass is 127. The van der Waals surface area contributed by atoms with E-state index < -0.39 is 5.91 Å². The molecule has 2 heterocycles. The van der Waals surface area contributed by atoms with Crippen molar-refractivity contribution in [1.29, 1.82) is 0 Å². The summed E-state index contributed by atoms with van der Waals surface area (Å²) in [6.07, 6.45) is 1.42. The van der Waals surface area contributed by atoms with Crippen LogP contribution in [0.2, 0.25) is 5.02 Å². The lowest BCUT2D eigenvalue weighted by Gasteiger charge is -2.08. The van der Waals surface area contributed by atoms with E-state index in [2.05, 4.69) is 38.2 Å². The van der Waals surface area contributed by atoms with Crippen LogP contribution in [-0.4, -0.2) is 16.0 Å². The Hall–Kier alpha value is -2.43. The first-order chi connectivity index (χ1) is 13.5. The van der Waals surface area contributed by atoms with Gasteiger partial charge in [-0.3, -0.25) is 10.1 Å². The van der Waals surface area contributed by atoms with Gasteiger partial charge in [0.1, 0.15) is 5.52 Å². The number of carbonyl (C=O) groups excluding carboxylic acids is 1. The van der Waals surface area contributed by atoms with Crippen molar-refractivity contribution in [2.45, 2.75) is 0 Å². The first kappa shape index (κ1) is 18.9. The number of carbonyl (C=O) groups is 1. The minimum absolute atomic E-state index is 0.144. The summed E-state index contributed by atoms with van der Waals surface area (Å²) in [5, 5.41) is 6.20. The minimum atomic E-state index is -0.430. The maximum Gasteiger partial charge on any atom is 0.293 e. The summed E-state index contributed by atoms with van der Waals surface area (Å²) in [7, 11) is 0. The molecule has 0 spiro atoms. The van der Waals surface area contributed by atoms with E-state index >= 15 is 0 Å². The minimum Gasteiger partial charge on any atom is -0.459 e. The van der Waals surface area contributed by atoms with Gasteiger partial charge in [0, 0.05) is 9.26 Å². The monoisotopic (exact) mass is 523 g/mol. The molecule has 1 amide bonds. The molecule has 0 bridgehead atoms. The van der Waals surface area contributed by atoms with E-state index in [0.29, 0.717) is 27.7 Å². The lowest BCUT2D eigenvalue weighted by atomic mass is 10.2. The third-order valence-corrected chi connectivity index (χ3v) is 4.98. The molecule has 0 unspecified atom stereocenters. The summed E-state index contributed by atoms with van der Waals surface area (Å²) in [5.74, 6) is 0.181. The van der Waals surface area contributed by atoms with Crippen LogP contribution in [0.25, 0.3) is 22.6 Å². The molecule has 4 aromatic rings. The van der Waals surface area contributed by atoms with Gasteiger partial charge in [-0.05, 0) is 83.3 Å². The second kappa shape index (κ2) is 7.90. The molecule has 6 nitrogen and oxygen atoms in total. The van der Waals surface area contributed by atoms with Crippen molar-refractivity contribution < 1.29 is 13.6 Å². The highest BCUT2D eigenvalue weighted by molar-refractivity contribution is 14.1. The summed E-state index contributed by atoms with van der Waals surface area (Å²) in [5.41, 5.74) is 2.63. The molecule has 0 aliphatic rings.